The molecule has 0 unspecified atom stereocenters. The van der Waals surface area contributed by atoms with Gasteiger partial charge in [-0.3, -0.25) is 0 Å². The number of aliphatic hydroxyl groups is 1. The summed E-state index contributed by atoms with van der Waals surface area (Å²) in [5, 5.41) is 8.54. The maximum atomic E-state index is 13.3. The molecule has 0 aliphatic rings. The Kier molecular flexibility index (Phi) is 5.07. The molecule has 0 radical (unpaired) electrons. The van der Waals surface area contributed by atoms with E-state index in [0.29, 0.717) is 26.0 Å². The summed E-state index contributed by atoms with van der Waals surface area (Å²) in [6.45, 7) is 0.874. The van der Waals surface area contributed by atoms with Gasteiger partial charge in [-0.25, -0.2) is 4.39 Å². The Bertz CT molecular complexity index is 305. The summed E-state index contributed by atoms with van der Waals surface area (Å²) in [6, 6.07) is 4.70. The topological polar surface area (TPSA) is 55.5 Å². The van der Waals surface area contributed by atoms with Crippen LogP contribution in [0.25, 0.3) is 0 Å². The van der Waals surface area contributed by atoms with E-state index in [2.05, 4.69) is 0 Å². The molecule has 0 amide bonds. The molecule has 0 aliphatic carbocycles. The van der Waals surface area contributed by atoms with Gasteiger partial charge in [0.05, 0.1) is 6.61 Å². The first-order valence-electron chi connectivity index (χ1n) is 5.00. The molecule has 0 spiro atoms. The summed E-state index contributed by atoms with van der Waals surface area (Å²) in [7, 11) is 0. The van der Waals surface area contributed by atoms with Crippen molar-refractivity contribution < 1.29 is 14.2 Å². The molecule has 0 aromatic heterocycles. The van der Waals surface area contributed by atoms with Crippen LogP contribution in [0.4, 0.5) is 4.39 Å². The van der Waals surface area contributed by atoms with Gasteiger partial charge in [-0.15, -0.1) is 0 Å². The Morgan fingerprint density at radius 1 is 1.33 bits per heavy atom. The van der Waals surface area contributed by atoms with Gasteiger partial charge >= 0.3 is 0 Å². The minimum absolute atomic E-state index is 0.137. The van der Waals surface area contributed by atoms with Gasteiger partial charge in [0.1, 0.15) is 0 Å². The van der Waals surface area contributed by atoms with Gasteiger partial charge in [-0.2, -0.15) is 0 Å². The molecule has 0 fully saturated rings. The van der Waals surface area contributed by atoms with Crippen molar-refractivity contribution in [1.29, 1.82) is 0 Å². The third kappa shape index (κ3) is 3.85. The van der Waals surface area contributed by atoms with E-state index in [9.17, 15) is 4.39 Å². The Morgan fingerprint density at radius 3 is 2.73 bits per heavy atom. The molecule has 15 heavy (non-hydrogen) atoms. The molecule has 1 aromatic carbocycles. The third-order valence-corrected chi connectivity index (χ3v) is 2.04. The van der Waals surface area contributed by atoms with E-state index in [1.807, 2.05) is 0 Å². The first-order valence-corrected chi connectivity index (χ1v) is 5.00. The number of hydrogen-bond donors (Lipinski definition) is 2. The second-order valence-electron chi connectivity index (χ2n) is 3.25. The van der Waals surface area contributed by atoms with Gasteiger partial charge in [0.15, 0.2) is 11.6 Å². The zero-order valence-corrected chi connectivity index (χ0v) is 8.58. The Hall–Kier alpha value is -1.13. The zero-order chi connectivity index (χ0) is 11.1. The van der Waals surface area contributed by atoms with Crippen LogP contribution < -0.4 is 10.5 Å². The average molecular weight is 213 g/mol. The fraction of sp³-hybridized carbons (Fsp3) is 0.455. The molecule has 3 N–H and O–H groups in total. The Labute approximate surface area is 88.7 Å². The number of unbranched alkanes of at least 4 members (excludes halogenated alkanes) is 1. The molecule has 0 bridgehead atoms. The monoisotopic (exact) mass is 213 g/mol. The van der Waals surface area contributed by atoms with Gasteiger partial charge in [0.25, 0.3) is 0 Å². The van der Waals surface area contributed by atoms with Crippen LogP contribution in [0.1, 0.15) is 18.4 Å². The number of rotatable bonds is 6. The first-order chi connectivity index (χ1) is 7.27. The highest BCUT2D eigenvalue weighted by atomic mass is 19.1. The van der Waals surface area contributed by atoms with Gasteiger partial charge in [0, 0.05) is 13.2 Å². The predicted molar refractivity (Wildman–Crippen MR) is 56.1 cm³/mol. The summed E-state index contributed by atoms with van der Waals surface area (Å²) < 4.78 is 18.5. The van der Waals surface area contributed by atoms with Crippen molar-refractivity contribution in [3.05, 3.63) is 29.6 Å². The van der Waals surface area contributed by atoms with Crippen LogP contribution >= 0.6 is 0 Å². The van der Waals surface area contributed by atoms with Crippen molar-refractivity contribution in [2.24, 2.45) is 5.73 Å². The van der Waals surface area contributed by atoms with E-state index in [1.165, 1.54) is 6.07 Å². The molecule has 84 valence electrons. The molecule has 0 saturated carbocycles. The van der Waals surface area contributed by atoms with Crippen molar-refractivity contribution in [2.75, 3.05) is 13.2 Å². The quantitative estimate of drug-likeness (QED) is 0.703. The lowest BCUT2D eigenvalue weighted by Gasteiger charge is -2.07. The molecule has 3 nitrogen and oxygen atoms in total. The lowest BCUT2D eigenvalue weighted by molar-refractivity contribution is 0.248. The zero-order valence-electron chi connectivity index (χ0n) is 8.58. The van der Waals surface area contributed by atoms with E-state index in [0.717, 1.165) is 5.56 Å². The molecule has 4 heteroatoms. The standard InChI is InChI=1S/C11H16FNO2/c12-10-7-9(8-13)3-4-11(10)15-6-2-1-5-14/h3-4,7,14H,1-2,5-6,8,13H2. The minimum atomic E-state index is -0.387. The van der Waals surface area contributed by atoms with Gasteiger partial charge in [-0.05, 0) is 30.5 Å². The third-order valence-electron chi connectivity index (χ3n) is 2.04. The van der Waals surface area contributed by atoms with Gasteiger partial charge in [0.2, 0.25) is 0 Å². The van der Waals surface area contributed by atoms with Crippen LogP contribution in [0.15, 0.2) is 18.2 Å². The summed E-state index contributed by atoms with van der Waals surface area (Å²) in [6.07, 6.45) is 1.39. The molecular weight excluding hydrogens is 197 g/mol. The Balaban J connectivity index is 2.47. The van der Waals surface area contributed by atoms with Crippen LogP contribution in [0.3, 0.4) is 0 Å². The van der Waals surface area contributed by atoms with Crippen LogP contribution in [0, 0.1) is 5.82 Å². The Morgan fingerprint density at radius 2 is 2.13 bits per heavy atom. The second-order valence-corrected chi connectivity index (χ2v) is 3.25. The van der Waals surface area contributed by atoms with Crippen molar-refractivity contribution in [2.45, 2.75) is 19.4 Å². The van der Waals surface area contributed by atoms with E-state index < -0.39 is 0 Å². The average Bonchev–Trinajstić information content (AvgIpc) is 2.26. The largest absolute Gasteiger partial charge is 0.491 e. The summed E-state index contributed by atoms with van der Waals surface area (Å²) in [4.78, 5) is 0. The van der Waals surface area contributed by atoms with Crippen molar-refractivity contribution in [3.63, 3.8) is 0 Å². The summed E-state index contributed by atoms with van der Waals surface area (Å²) in [5.74, 6) is -0.146. The number of nitrogens with two attached hydrogens (primary N) is 1. The molecule has 0 heterocycles. The fourth-order valence-corrected chi connectivity index (χ4v) is 1.18. The summed E-state index contributed by atoms with van der Waals surface area (Å²) >= 11 is 0. The van der Waals surface area contributed by atoms with Crippen molar-refractivity contribution in [1.82, 2.24) is 0 Å². The lowest BCUT2D eigenvalue weighted by Crippen LogP contribution is -2.02. The van der Waals surface area contributed by atoms with Crippen LogP contribution in [-0.2, 0) is 6.54 Å². The SMILES string of the molecule is NCc1ccc(OCCCCO)c(F)c1. The highest BCUT2D eigenvalue weighted by molar-refractivity contribution is 5.29. The van der Waals surface area contributed by atoms with E-state index >= 15 is 0 Å². The number of hydrogen-bond acceptors (Lipinski definition) is 3. The van der Waals surface area contributed by atoms with Crippen LogP contribution in [0.5, 0.6) is 5.75 Å². The van der Waals surface area contributed by atoms with Crippen LogP contribution in [0.2, 0.25) is 0 Å². The van der Waals surface area contributed by atoms with Gasteiger partial charge in [-0.1, -0.05) is 6.07 Å². The molecule has 1 rings (SSSR count). The minimum Gasteiger partial charge on any atom is -0.491 e. The normalized spacial score (nSPS) is 10.3. The highest BCUT2D eigenvalue weighted by Gasteiger charge is 2.03. The molecule has 0 saturated heterocycles. The number of benzene rings is 1. The van der Waals surface area contributed by atoms with Gasteiger partial charge < -0.3 is 15.6 Å². The van der Waals surface area contributed by atoms with E-state index in [1.54, 1.807) is 12.1 Å². The van der Waals surface area contributed by atoms with Crippen molar-refractivity contribution in [3.8, 4) is 5.75 Å². The number of ether oxygens (including phenoxy) is 1. The predicted octanol–water partition coefficient (Wildman–Crippen LogP) is 1.44. The molecular formula is C11H16FNO2. The second kappa shape index (κ2) is 6.37. The van der Waals surface area contributed by atoms with Crippen LogP contribution in [-0.4, -0.2) is 18.3 Å². The highest BCUT2D eigenvalue weighted by Crippen LogP contribution is 2.18. The smallest absolute Gasteiger partial charge is 0.165 e. The fourth-order valence-electron chi connectivity index (χ4n) is 1.18. The maximum absolute atomic E-state index is 13.3. The lowest BCUT2D eigenvalue weighted by atomic mass is 10.2. The number of halogens is 1. The summed E-state index contributed by atoms with van der Waals surface area (Å²) in [5.41, 5.74) is 6.12. The first kappa shape index (κ1) is 11.9. The van der Waals surface area contributed by atoms with Crippen molar-refractivity contribution >= 4 is 0 Å². The van der Waals surface area contributed by atoms with E-state index in [-0.39, 0.29) is 18.2 Å². The maximum Gasteiger partial charge on any atom is 0.165 e. The van der Waals surface area contributed by atoms with E-state index in [4.69, 9.17) is 15.6 Å². The molecule has 1 aromatic rings. The number of aliphatic hydroxyl groups excluding tert-OH is 1. The molecule has 0 aliphatic heterocycles. The molecule has 0 atom stereocenters.